The van der Waals surface area contributed by atoms with E-state index in [0.29, 0.717) is 30.9 Å². The minimum atomic E-state index is -3.92. The lowest BCUT2D eigenvalue weighted by molar-refractivity contribution is 0.292. The van der Waals surface area contributed by atoms with Gasteiger partial charge in [-0.25, -0.2) is 12.8 Å². The van der Waals surface area contributed by atoms with Crippen LogP contribution >= 0.6 is 0 Å². The van der Waals surface area contributed by atoms with Crippen LogP contribution in [0.3, 0.4) is 0 Å². The second-order valence-electron chi connectivity index (χ2n) is 5.99. The molecule has 25 heavy (non-hydrogen) atoms. The second-order valence-corrected chi connectivity index (χ2v) is 7.85. The first-order valence-corrected chi connectivity index (χ1v) is 9.59. The maximum Gasteiger partial charge on any atom is 0.226 e. The molecule has 130 valence electrons. The highest BCUT2D eigenvalue weighted by atomic mass is 32.2. The van der Waals surface area contributed by atoms with Crippen molar-refractivity contribution in [3.63, 3.8) is 0 Å². The molecule has 1 N–H and O–H groups in total. The van der Waals surface area contributed by atoms with E-state index in [-0.39, 0.29) is 15.5 Å². The van der Waals surface area contributed by atoms with Gasteiger partial charge in [-0.1, -0.05) is 24.3 Å². The maximum atomic E-state index is 15.2. The number of benzene rings is 1. The Morgan fingerprint density at radius 1 is 1.08 bits per heavy atom. The molecule has 6 nitrogen and oxygen atoms in total. The lowest BCUT2D eigenvalue weighted by Crippen LogP contribution is -2.43. The number of sulfone groups is 1. The first-order valence-electron chi connectivity index (χ1n) is 8.10. The Hall–Kier alpha value is -2.32. The number of allylic oxidation sites excluding steroid dienone is 2. The van der Waals surface area contributed by atoms with Gasteiger partial charge in [0, 0.05) is 32.6 Å². The smallest absolute Gasteiger partial charge is 0.226 e. The van der Waals surface area contributed by atoms with Crippen LogP contribution in [0.2, 0.25) is 0 Å². The molecular weight excluding hydrogens is 343 g/mol. The van der Waals surface area contributed by atoms with Gasteiger partial charge in [0.25, 0.3) is 0 Å². The summed E-state index contributed by atoms with van der Waals surface area (Å²) in [4.78, 5) is 2.02. The molecule has 4 rings (SSSR count). The summed E-state index contributed by atoms with van der Waals surface area (Å²) >= 11 is 0. The van der Waals surface area contributed by atoms with Crippen molar-refractivity contribution in [2.24, 2.45) is 10.2 Å². The highest BCUT2D eigenvalue weighted by Crippen LogP contribution is 2.34. The fourth-order valence-corrected chi connectivity index (χ4v) is 4.54. The van der Waals surface area contributed by atoms with E-state index in [1.54, 1.807) is 24.3 Å². The summed E-state index contributed by atoms with van der Waals surface area (Å²) in [6, 6.07) is 7.93. The molecule has 0 spiro atoms. The van der Waals surface area contributed by atoms with Crippen molar-refractivity contribution in [3.05, 3.63) is 53.5 Å². The van der Waals surface area contributed by atoms with Crippen LogP contribution in [0.5, 0.6) is 0 Å². The third-order valence-electron chi connectivity index (χ3n) is 4.46. The summed E-state index contributed by atoms with van der Waals surface area (Å²) in [6.07, 6.45) is 2.13. The number of fused-ring (bicyclic) bond motifs is 1. The predicted octanol–water partition coefficient (Wildman–Crippen LogP) is 1.64. The monoisotopic (exact) mass is 360 g/mol. The molecule has 0 saturated carbocycles. The van der Waals surface area contributed by atoms with Gasteiger partial charge in [0.2, 0.25) is 9.84 Å². The number of nitrogens with one attached hydrogen (secondary N) is 1. The average molecular weight is 360 g/mol. The minimum absolute atomic E-state index is 0.0138. The zero-order valence-corrected chi connectivity index (χ0v) is 14.3. The van der Waals surface area contributed by atoms with Crippen LogP contribution in [-0.4, -0.2) is 50.3 Å². The van der Waals surface area contributed by atoms with Gasteiger partial charge < -0.3 is 10.2 Å². The highest BCUT2D eigenvalue weighted by molar-refractivity contribution is 8.07. The zero-order chi connectivity index (χ0) is 17.4. The van der Waals surface area contributed by atoms with Crippen molar-refractivity contribution in [1.29, 1.82) is 0 Å². The molecule has 0 radical (unpaired) electrons. The molecule has 0 atom stereocenters. The van der Waals surface area contributed by atoms with E-state index in [9.17, 15) is 8.42 Å². The Morgan fingerprint density at radius 2 is 1.80 bits per heavy atom. The molecule has 1 aromatic carbocycles. The number of nitrogens with zero attached hydrogens (tertiary/aromatic N) is 3. The van der Waals surface area contributed by atoms with Gasteiger partial charge in [-0.2, -0.15) is 5.10 Å². The molecule has 3 aliphatic rings. The molecule has 1 saturated heterocycles. The summed E-state index contributed by atoms with van der Waals surface area (Å²) in [6.45, 7) is 2.89. The molecule has 0 amide bonds. The third kappa shape index (κ3) is 2.71. The molecule has 8 heteroatoms. The van der Waals surface area contributed by atoms with E-state index in [2.05, 4.69) is 15.5 Å². The quantitative estimate of drug-likeness (QED) is 0.870. The van der Waals surface area contributed by atoms with Crippen LogP contribution in [0.4, 0.5) is 4.39 Å². The van der Waals surface area contributed by atoms with Crippen molar-refractivity contribution in [2.45, 2.75) is 11.3 Å². The van der Waals surface area contributed by atoms with Gasteiger partial charge in [0.15, 0.2) is 10.9 Å². The summed E-state index contributed by atoms with van der Waals surface area (Å²) in [7, 11) is -3.92. The summed E-state index contributed by atoms with van der Waals surface area (Å²) in [5, 5.41) is 10.6. The van der Waals surface area contributed by atoms with E-state index >= 15 is 4.39 Å². The Morgan fingerprint density at radius 3 is 2.52 bits per heavy atom. The van der Waals surface area contributed by atoms with Crippen LogP contribution in [0, 0.1) is 0 Å². The van der Waals surface area contributed by atoms with Crippen molar-refractivity contribution in [3.8, 4) is 0 Å². The van der Waals surface area contributed by atoms with E-state index < -0.39 is 15.7 Å². The normalized spacial score (nSPS) is 20.8. The van der Waals surface area contributed by atoms with Crippen LogP contribution in [0.1, 0.15) is 6.42 Å². The van der Waals surface area contributed by atoms with E-state index in [1.807, 2.05) is 4.90 Å². The first kappa shape index (κ1) is 16.2. The molecule has 0 bridgehead atoms. The van der Waals surface area contributed by atoms with Crippen molar-refractivity contribution in [1.82, 2.24) is 10.2 Å². The Balaban J connectivity index is 1.74. The summed E-state index contributed by atoms with van der Waals surface area (Å²) in [5.74, 6) is -0.553. The Kier molecular flexibility index (Phi) is 4.01. The summed E-state index contributed by atoms with van der Waals surface area (Å²) < 4.78 is 40.9. The average Bonchev–Trinajstić information content (AvgIpc) is 3.09. The van der Waals surface area contributed by atoms with Gasteiger partial charge >= 0.3 is 0 Å². The lowest BCUT2D eigenvalue weighted by atomic mass is 10.00. The van der Waals surface area contributed by atoms with E-state index in [1.165, 1.54) is 12.1 Å². The van der Waals surface area contributed by atoms with Gasteiger partial charge in [0.05, 0.1) is 21.9 Å². The first-order chi connectivity index (χ1) is 12.1. The van der Waals surface area contributed by atoms with Gasteiger partial charge in [-0.3, -0.25) is 0 Å². The number of hydrogen-bond donors (Lipinski definition) is 1. The van der Waals surface area contributed by atoms with Crippen molar-refractivity contribution < 1.29 is 12.8 Å². The molecule has 1 aliphatic carbocycles. The fourth-order valence-electron chi connectivity index (χ4n) is 3.18. The fraction of sp³-hybridized carbons (Fsp3) is 0.294. The van der Waals surface area contributed by atoms with Gasteiger partial charge in [-0.15, -0.1) is 5.10 Å². The molecular formula is C17H17FN4O2S. The van der Waals surface area contributed by atoms with Crippen LogP contribution < -0.4 is 5.32 Å². The molecule has 1 aromatic rings. The van der Waals surface area contributed by atoms with Crippen LogP contribution in [-0.2, 0) is 9.84 Å². The number of hydrogen-bond acceptors (Lipinski definition) is 6. The highest BCUT2D eigenvalue weighted by Gasteiger charge is 2.38. The number of piperazine rings is 1. The molecule has 2 aliphatic heterocycles. The molecule has 2 heterocycles. The largest absolute Gasteiger partial charge is 0.367 e. The zero-order valence-electron chi connectivity index (χ0n) is 13.4. The molecule has 0 aromatic heterocycles. The van der Waals surface area contributed by atoms with Crippen LogP contribution in [0.15, 0.2) is 68.6 Å². The Bertz CT molecular complexity index is 927. The molecule has 0 unspecified atom stereocenters. The lowest BCUT2D eigenvalue weighted by Gasteiger charge is -2.32. The van der Waals surface area contributed by atoms with Gasteiger partial charge in [0.1, 0.15) is 0 Å². The topological polar surface area (TPSA) is 74.1 Å². The van der Waals surface area contributed by atoms with Gasteiger partial charge in [-0.05, 0) is 12.1 Å². The third-order valence-corrected chi connectivity index (χ3v) is 6.15. The Labute approximate surface area is 145 Å². The van der Waals surface area contributed by atoms with Crippen LogP contribution in [0.25, 0.3) is 0 Å². The SMILES string of the molecule is O=S(=O)(C1=NN=C2CC=C(N3CCNCC3)C(F)=C21)c1ccccc1. The summed E-state index contributed by atoms with van der Waals surface area (Å²) in [5.41, 5.74) is 0.819. The standard InChI is InChI=1S/C17H17FN4O2S/c18-16-14(22-10-8-19-9-11-22)7-6-13-15(16)17(21-20-13)25(23,24)12-4-2-1-3-5-12/h1-5,7,19H,6,8-11H2. The molecule has 1 fully saturated rings. The number of rotatable bonds is 2. The minimum Gasteiger partial charge on any atom is -0.367 e. The second kappa shape index (κ2) is 6.20. The number of halogens is 1. The predicted molar refractivity (Wildman–Crippen MR) is 93.8 cm³/mol. The van der Waals surface area contributed by atoms with E-state index in [0.717, 1.165) is 13.1 Å². The van der Waals surface area contributed by atoms with Crippen molar-refractivity contribution in [2.75, 3.05) is 26.2 Å². The van der Waals surface area contributed by atoms with Crippen molar-refractivity contribution >= 4 is 20.6 Å². The van der Waals surface area contributed by atoms with E-state index in [4.69, 9.17) is 0 Å². The maximum absolute atomic E-state index is 15.2.